The Hall–Kier alpha value is -1.20. The molecule has 0 spiro atoms. The van der Waals surface area contributed by atoms with E-state index in [0.29, 0.717) is 18.7 Å². The van der Waals surface area contributed by atoms with Crippen molar-refractivity contribution < 1.29 is 9.18 Å². The summed E-state index contributed by atoms with van der Waals surface area (Å²) in [7, 11) is 0. The van der Waals surface area contributed by atoms with Gasteiger partial charge in [0.15, 0.2) is 0 Å². The molecule has 1 amide bonds. The molecule has 19 heavy (non-hydrogen) atoms. The van der Waals surface area contributed by atoms with Gasteiger partial charge in [-0.05, 0) is 51.5 Å². The SMILES string of the molecule is O=C(c1cccc(F)c1Br)N1CCc2sccc2C1. The number of hydrogen-bond acceptors (Lipinski definition) is 2. The van der Waals surface area contributed by atoms with Crippen molar-refractivity contribution in [1.82, 2.24) is 4.90 Å². The van der Waals surface area contributed by atoms with Crippen LogP contribution in [0.2, 0.25) is 0 Å². The van der Waals surface area contributed by atoms with E-state index < -0.39 is 5.82 Å². The Morgan fingerprint density at radius 1 is 1.37 bits per heavy atom. The van der Waals surface area contributed by atoms with Crippen molar-refractivity contribution >= 4 is 33.2 Å². The minimum absolute atomic E-state index is 0.122. The lowest BCUT2D eigenvalue weighted by Gasteiger charge is -2.27. The highest BCUT2D eigenvalue weighted by molar-refractivity contribution is 9.10. The molecule has 5 heteroatoms. The van der Waals surface area contributed by atoms with E-state index >= 15 is 0 Å². The molecule has 2 heterocycles. The lowest BCUT2D eigenvalue weighted by atomic mass is 10.1. The van der Waals surface area contributed by atoms with Crippen LogP contribution in [-0.2, 0) is 13.0 Å². The van der Waals surface area contributed by atoms with Crippen molar-refractivity contribution in [3.63, 3.8) is 0 Å². The number of fused-ring (bicyclic) bond motifs is 1. The predicted molar refractivity (Wildman–Crippen MR) is 76.9 cm³/mol. The molecular weight excluding hydrogens is 329 g/mol. The van der Waals surface area contributed by atoms with Crippen LogP contribution in [0.1, 0.15) is 20.8 Å². The van der Waals surface area contributed by atoms with Crippen molar-refractivity contribution in [1.29, 1.82) is 0 Å². The number of hydrogen-bond donors (Lipinski definition) is 0. The first-order valence-corrected chi connectivity index (χ1v) is 7.62. The highest BCUT2D eigenvalue weighted by Gasteiger charge is 2.24. The van der Waals surface area contributed by atoms with Crippen molar-refractivity contribution in [2.75, 3.05) is 6.54 Å². The zero-order chi connectivity index (χ0) is 13.4. The summed E-state index contributed by atoms with van der Waals surface area (Å²) in [4.78, 5) is 15.6. The average Bonchev–Trinajstić information content (AvgIpc) is 2.88. The average molecular weight is 340 g/mol. The van der Waals surface area contributed by atoms with E-state index in [2.05, 4.69) is 27.4 Å². The molecule has 0 saturated heterocycles. The maximum Gasteiger partial charge on any atom is 0.255 e. The third-order valence-electron chi connectivity index (χ3n) is 3.28. The lowest BCUT2D eigenvalue weighted by molar-refractivity contribution is 0.0734. The fourth-order valence-corrected chi connectivity index (χ4v) is 3.58. The fourth-order valence-electron chi connectivity index (χ4n) is 2.26. The highest BCUT2D eigenvalue weighted by atomic mass is 79.9. The summed E-state index contributed by atoms with van der Waals surface area (Å²) in [5, 5.41) is 2.05. The predicted octanol–water partition coefficient (Wildman–Crippen LogP) is 3.85. The molecular formula is C14H11BrFNOS. The summed E-state index contributed by atoms with van der Waals surface area (Å²) >= 11 is 4.88. The quantitative estimate of drug-likeness (QED) is 0.772. The fraction of sp³-hybridized carbons (Fsp3) is 0.214. The third-order valence-corrected chi connectivity index (χ3v) is 5.11. The Bertz CT molecular complexity index is 640. The van der Waals surface area contributed by atoms with E-state index in [-0.39, 0.29) is 10.4 Å². The summed E-state index contributed by atoms with van der Waals surface area (Å²) in [5.41, 5.74) is 1.59. The monoisotopic (exact) mass is 339 g/mol. The van der Waals surface area contributed by atoms with Gasteiger partial charge < -0.3 is 4.90 Å². The third kappa shape index (κ3) is 2.32. The molecule has 0 N–H and O–H groups in total. The van der Waals surface area contributed by atoms with Gasteiger partial charge >= 0.3 is 0 Å². The zero-order valence-corrected chi connectivity index (χ0v) is 12.4. The van der Waals surface area contributed by atoms with Crippen molar-refractivity contribution in [3.05, 3.63) is 55.9 Å². The van der Waals surface area contributed by atoms with Gasteiger partial charge in [0.1, 0.15) is 5.82 Å². The number of carbonyl (C=O) groups is 1. The van der Waals surface area contributed by atoms with Gasteiger partial charge in [-0.25, -0.2) is 4.39 Å². The van der Waals surface area contributed by atoms with Crippen molar-refractivity contribution in [2.24, 2.45) is 0 Å². The second-order valence-electron chi connectivity index (χ2n) is 4.45. The molecule has 0 atom stereocenters. The highest BCUT2D eigenvalue weighted by Crippen LogP contribution is 2.27. The van der Waals surface area contributed by atoms with Gasteiger partial charge in [0.2, 0.25) is 0 Å². The second kappa shape index (κ2) is 5.06. The molecule has 1 aliphatic heterocycles. The number of amides is 1. The molecule has 0 radical (unpaired) electrons. The van der Waals surface area contributed by atoms with Crippen LogP contribution in [0, 0.1) is 5.82 Å². The minimum atomic E-state index is -0.404. The molecule has 0 fully saturated rings. The van der Waals surface area contributed by atoms with E-state index in [1.165, 1.54) is 16.5 Å². The normalized spacial score (nSPS) is 14.3. The topological polar surface area (TPSA) is 20.3 Å². The Kier molecular flexibility index (Phi) is 3.41. The lowest BCUT2D eigenvalue weighted by Crippen LogP contribution is -2.35. The summed E-state index contributed by atoms with van der Waals surface area (Å²) in [6, 6.07) is 6.61. The van der Waals surface area contributed by atoms with Gasteiger partial charge in [-0.2, -0.15) is 0 Å². The first-order chi connectivity index (χ1) is 9.16. The van der Waals surface area contributed by atoms with Gasteiger partial charge in [0.05, 0.1) is 10.0 Å². The maximum atomic E-state index is 13.5. The van der Waals surface area contributed by atoms with Crippen LogP contribution < -0.4 is 0 Å². The van der Waals surface area contributed by atoms with Crippen LogP contribution in [0.4, 0.5) is 4.39 Å². The molecule has 0 aliphatic carbocycles. The molecule has 0 unspecified atom stereocenters. The largest absolute Gasteiger partial charge is 0.334 e. The maximum absolute atomic E-state index is 13.5. The summed E-state index contributed by atoms with van der Waals surface area (Å²) in [6.45, 7) is 1.30. The summed E-state index contributed by atoms with van der Waals surface area (Å²) < 4.78 is 13.7. The Labute approximate surface area is 123 Å². The minimum Gasteiger partial charge on any atom is -0.334 e. The molecule has 1 aromatic carbocycles. The van der Waals surface area contributed by atoms with E-state index in [1.54, 1.807) is 28.4 Å². The van der Waals surface area contributed by atoms with Crippen LogP contribution >= 0.6 is 27.3 Å². The standard InChI is InChI=1S/C14H11BrFNOS/c15-13-10(2-1-3-11(13)16)14(18)17-6-4-12-9(8-17)5-7-19-12/h1-3,5,7H,4,6,8H2. The van der Waals surface area contributed by atoms with Gasteiger partial charge in [0.25, 0.3) is 5.91 Å². The van der Waals surface area contributed by atoms with Gasteiger partial charge in [0, 0.05) is 18.0 Å². The molecule has 1 aliphatic rings. The summed E-state index contributed by atoms with van der Waals surface area (Å²) in [5.74, 6) is -0.526. The first kappa shape index (κ1) is 12.8. The number of carbonyl (C=O) groups excluding carboxylic acids is 1. The molecule has 2 aromatic rings. The second-order valence-corrected chi connectivity index (χ2v) is 6.24. The Morgan fingerprint density at radius 3 is 3.05 bits per heavy atom. The molecule has 2 nitrogen and oxygen atoms in total. The van der Waals surface area contributed by atoms with Crippen molar-refractivity contribution in [2.45, 2.75) is 13.0 Å². The van der Waals surface area contributed by atoms with E-state index in [4.69, 9.17) is 0 Å². The number of nitrogens with zero attached hydrogens (tertiary/aromatic N) is 1. The smallest absolute Gasteiger partial charge is 0.255 e. The molecule has 0 bridgehead atoms. The van der Waals surface area contributed by atoms with E-state index in [0.717, 1.165) is 6.42 Å². The Morgan fingerprint density at radius 2 is 2.21 bits per heavy atom. The number of thiophene rings is 1. The summed E-state index contributed by atoms with van der Waals surface area (Å²) in [6.07, 6.45) is 0.881. The first-order valence-electron chi connectivity index (χ1n) is 5.95. The van der Waals surface area contributed by atoms with Crippen LogP contribution in [-0.4, -0.2) is 17.4 Å². The van der Waals surface area contributed by atoms with Gasteiger partial charge in [-0.15, -0.1) is 11.3 Å². The van der Waals surface area contributed by atoms with Crippen LogP contribution in [0.15, 0.2) is 34.1 Å². The molecule has 98 valence electrons. The number of rotatable bonds is 1. The number of halogens is 2. The Balaban J connectivity index is 1.88. The van der Waals surface area contributed by atoms with E-state index in [9.17, 15) is 9.18 Å². The van der Waals surface area contributed by atoms with Crippen LogP contribution in [0.25, 0.3) is 0 Å². The molecule has 3 rings (SSSR count). The van der Waals surface area contributed by atoms with Crippen molar-refractivity contribution in [3.8, 4) is 0 Å². The van der Waals surface area contributed by atoms with E-state index in [1.807, 2.05) is 0 Å². The number of benzene rings is 1. The van der Waals surface area contributed by atoms with Crippen LogP contribution in [0.5, 0.6) is 0 Å². The van der Waals surface area contributed by atoms with Gasteiger partial charge in [-0.3, -0.25) is 4.79 Å². The van der Waals surface area contributed by atoms with Gasteiger partial charge in [-0.1, -0.05) is 6.07 Å². The molecule has 1 aromatic heterocycles. The van der Waals surface area contributed by atoms with Crippen LogP contribution in [0.3, 0.4) is 0 Å². The molecule has 0 saturated carbocycles. The zero-order valence-electron chi connectivity index (χ0n) is 10.0.